The summed E-state index contributed by atoms with van der Waals surface area (Å²) in [6, 6.07) is 5.36. The number of piperazine rings is 1. The zero-order valence-corrected chi connectivity index (χ0v) is 21.7. The van der Waals surface area contributed by atoms with E-state index in [9.17, 15) is 9.59 Å². The average Bonchev–Trinajstić information content (AvgIpc) is 3.11. The van der Waals surface area contributed by atoms with Gasteiger partial charge in [0, 0.05) is 48.7 Å². The Bertz CT molecular complexity index is 891. The molecular weight excluding hydrogens is 461 g/mol. The predicted octanol–water partition coefficient (Wildman–Crippen LogP) is 4.85. The first-order valence-corrected chi connectivity index (χ1v) is 12.4. The Morgan fingerprint density at radius 2 is 1.82 bits per heavy atom. The molecule has 6 nitrogen and oxygen atoms in total. The second-order valence-electron chi connectivity index (χ2n) is 7.70. The standard InChI is InChI=1S/C23H29Cl2N3O3.C2H6/c1-4-5-19(14-21(31-3)16(2)24)26-8-10-27(11-9-26)23(30)15-28-20-7-6-18(25)12-17(20)13-22(28)29;1-2/h5-7,12,14,16H,4,8-11,13,15H2,1-3H3;1-2H3/b19-5+,21-14+;. The first-order valence-electron chi connectivity index (χ1n) is 11.5. The number of rotatable bonds is 7. The molecule has 33 heavy (non-hydrogen) atoms. The number of halogens is 2. The number of nitrogens with zero attached hydrogens (tertiary/aromatic N) is 3. The fourth-order valence-corrected chi connectivity index (χ4v) is 4.29. The fourth-order valence-electron chi connectivity index (χ4n) is 3.94. The van der Waals surface area contributed by atoms with Gasteiger partial charge < -0.3 is 19.4 Å². The van der Waals surface area contributed by atoms with Gasteiger partial charge in [-0.3, -0.25) is 9.59 Å². The normalized spacial score (nSPS) is 17.4. The minimum atomic E-state index is -0.219. The van der Waals surface area contributed by atoms with Crippen LogP contribution in [0.15, 0.2) is 41.8 Å². The number of alkyl halides is 1. The summed E-state index contributed by atoms with van der Waals surface area (Å²) in [4.78, 5) is 31.0. The Kier molecular flexibility index (Phi) is 10.6. The summed E-state index contributed by atoms with van der Waals surface area (Å²) in [5, 5.41) is 0.380. The number of anilines is 1. The maximum absolute atomic E-state index is 12.9. The highest BCUT2D eigenvalue weighted by molar-refractivity contribution is 6.31. The number of hydrogen-bond acceptors (Lipinski definition) is 4. The molecule has 8 heteroatoms. The van der Waals surface area contributed by atoms with E-state index in [0.29, 0.717) is 37.0 Å². The number of hydrogen-bond donors (Lipinski definition) is 0. The van der Waals surface area contributed by atoms with Gasteiger partial charge in [-0.1, -0.05) is 38.4 Å². The third kappa shape index (κ3) is 6.90. The van der Waals surface area contributed by atoms with Crippen LogP contribution in [0.25, 0.3) is 0 Å². The lowest BCUT2D eigenvalue weighted by atomic mass is 10.2. The van der Waals surface area contributed by atoms with E-state index < -0.39 is 0 Å². The minimum absolute atomic E-state index is 0.0423. The molecule has 0 aromatic heterocycles. The molecule has 1 aromatic rings. The Morgan fingerprint density at radius 1 is 1.18 bits per heavy atom. The lowest BCUT2D eigenvalue weighted by Crippen LogP contribution is -2.51. The molecule has 2 heterocycles. The van der Waals surface area contributed by atoms with Gasteiger partial charge in [0.15, 0.2) is 0 Å². The van der Waals surface area contributed by atoms with Gasteiger partial charge in [0.05, 0.1) is 18.9 Å². The molecule has 1 aromatic carbocycles. The third-order valence-corrected chi connectivity index (χ3v) is 6.05. The van der Waals surface area contributed by atoms with Gasteiger partial charge >= 0.3 is 0 Å². The maximum atomic E-state index is 12.9. The minimum Gasteiger partial charge on any atom is -0.499 e. The molecule has 2 aliphatic rings. The predicted molar refractivity (Wildman–Crippen MR) is 136 cm³/mol. The largest absolute Gasteiger partial charge is 0.499 e. The summed E-state index contributed by atoms with van der Waals surface area (Å²) in [6.45, 7) is 10.6. The monoisotopic (exact) mass is 495 g/mol. The van der Waals surface area contributed by atoms with Gasteiger partial charge in [-0.2, -0.15) is 0 Å². The number of fused-ring (bicyclic) bond motifs is 1. The van der Waals surface area contributed by atoms with Crippen molar-refractivity contribution in [2.24, 2.45) is 0 Å². The van der Waals surface area contributed by atoms with Crippen molar-refractivity contribution in [3.63, 3.8) is 0 Å². The number of methoxy groups -OCH3 is 1. The van der Waals surface area contributed by atoms with E-state index in [2.05, 4.69) is 17.9 Å². The van der Waals surface area contributed by atoms with Crippen molar-refractivity contribution in [1.29, 1.82) is 0 Å². The fraction of sp³-hybridized carbons (Fsp3) is 0.520. The molecule has 1 atom stereocenters. The van der Waals surface area contributed by atoms with Crippen LogP contribution in [0.5, 0.6) is 0 Å². The molecule has 2 aliphatic heterocycles. The highest BCUT2D eigenvalue weighted by Crippen LogP contribution is 2.31. The van der Waals surface area contributed by atoms with Crippen LogP contribution in [0.4, 0.5) is 5.69 Å². The molecule has 2 amide bonds. The Balaban J connectivity index is 0.00000187. The molecule has 0 saturated carbocycles. The van der Waals surface area contributed by atoms with Gasteiger partial charge in [0.1, 0.15) is 12.3 Å². The molecule has 3 rings (SSSR count). The second kappa shape index (κ2) is 12.9. The average molecular weight is 496 g/mol. The smallest absolute Gasteiger partial charge is 0.242 e. The molecule has 1 fully saturated rings. The Morgan fingerprint density at radius 3 is 2.39 bits per heavy atom. The van der Waals surface area contributed by atoms with Crippen molar-refractivity contribution in [3.05, 3.63) is 52.4 Å². The number of benzene rings is 1. The number of carbonyl (C=O) groups is 2. The molecule has 0 radical (unpaired) electrons. The highest BCUT2D eigenvalue weighted by atomic mass is 35.5. The van der Waals surface area contributed by atoms with Crippen LogP contribution in [0.1, 0.15) is 39.7 Å². The molecular formula is C25H35Cl2N3O3. The van der Waals surface area contributed by atoms with E-state index >= 15 is 0 Å². The van der Waals surface area contributed by atoms with Crippen LogP contribution < -0.4 is 4.90 Å². The molecule has 0 aliphatic carbocycles. The van der Waals surface area contributed by atoms with Crippen LogP contribution in [0, 0.1) is 0 Å². The highest BCUT2D eigenvalue weighted by Gasteiger charge is 2.31. The summed E-state index contributed by atoms with van der Waals surface area (Å²) in [6.07, 6.45) is 5.29. The zero-order valence-electron chi connectivity index (χ0n) is 20.2. The van der Waals surface area contributed by atoms with Crippen molar-refractivity contribution in [2.45, 2.75) is 45.9 Å². The maximum Gasteiger partial charge on any atom is 0.242 e. The summed E-state index contributed by atoms with van der Waals surface area (Å²) in [7, 11) is 1.62. The zero-order chi connectivity index (χ0) is 24.5. The van der Waals surface area contributed by atoms with Crippen molar-refractivity contribution in [1.82, 2.24) is 9.80 Å². The van der Waals surface area contributed by atoms with Gasteiger partial charge in [-0.05, 0) is 37.1 Å². The van der Waals surface area contributed by atoms with Crippen LogP contribution in [-0.4, -0.2) is 66.8 Å². The van der Waals surface area contributed by atoms with E-state index in [-0.39, 0.29) is 30.2 Å². The van der Waals surface area contributed by atoms with Crippen LogP contribution in [-0.2, 0) is 20.7 Å². The molecule has 182 valence electrons. The van der Waals surface area contributed by atoms with E-state index in [1.54, 1.807) is 24.1 Å². The molecule has 1 unspecified atom stereocenters. The van der Waals surface area contributed by atoms with Crippen molar-refractivity contribution in [3.8, 4) is 0 Å². The quantitative estimate of drug-likeness (QED) is 0.308. The van der Waals surface area contributed by atoms with Crippen molar-refractivity contribution >= 4 is 40.7 Å². The summed E-state index contributed by atoms with van der Waals surface area (Å²) in [5.74, 6) is 0.607. The van der Waals surface area contributed by atoms with Crippen LogP contribution >= 0.6 is 23.2 Å². The van der Waals surface area contributed by atoms with Crippen LogP contribution in [0.3, 0.4) is 0 Å². The van der Waals surface area contributed by atoms with E-state index in [4.69, 9.17) is 27.9 Å². The first-order chi connectivity index (χ1) is 15.8. The summed E-state index contributed by atoms with van der Waals surface area (Å²) in [5.41, 5.74) is 2.71. The van der Waals surface area contributed by atoms with Crippen molar-refractivity contribution < 1.29 is 14.3 Å². The topological polar surface area (TPSA) is 53.1 Å². The molecule has 0 spiro atoms. The van der Waals surface area contributed by atoms with Gasteiger partial charge in [0.2, 0.25) is 11.8 Å². The second-order valence-corrected chi connectivity index (χ2v) is 8.79. The van der Waals surface area contributed by atoms with Gasteiger partial charge in [-0.25, -0.2) is 0 Å². The van der Waals surface area contributed by atoms with Gasteiger partial charge in [-0.15, -0.1) is 11.6 Å². The Labute approximate surface area is 207 Å². The van der Waals surface area contributed by atoms with E-state index in [1.807, 2.05) is 37.8 Å². The molecule has 0 bridgehead atoms. The van der Waals surface area contributed by atoms with Crippen molar-refractivity contribution in [2.75, 3.05) is 44.7 Å². The van der Waals surface area contributed by atoms with Crippen LogP contribution in [0.2, 0.25) is 5.02 Å². The van der Waals surface area contributed by atoms with Gasteiger partial charge in [0.25, 0.3) is 0 Å². The number of amides is 2. The summed E-state index contributed by atoms with van der Waals surface area (Å²) >= 11 is 12.2. The third-order valence-electron chi connectivity index (χ3n) is 5.60. The lowest BCUT2D eigenvalue weighted by molar-refractivity contribution is -0.132. The lowest BCUT2D eigenvalue weighted by Gasteiger charge is -2.37. The molecule has 0 N–H and O–H groups in total. The van der Waals surface area contributed by atoms with E-state index in [1.165, 1.54) is 0 Å². The number of allylic oxidation sites excluding steroid dienone is 3. The summed E-state index contributed by atoms with van der Waals surface area (Å²) < 4.78 is 5.41. The Hall–Kier alpha value is -2.18. The van der Waals surface area contributed by atoms with E-state index in [0.717, 1.165) is 23.4 Å². The SMILES string of the molecule is CC.CC/C=C(\C=C(\OC)C(C)Cl)N1CCN(C(=O)CN2C(=O)Cc3cc(Cl)ccc32)CC1. The number of carbonyl (C=O) groups excluding carboxylic acids is 2. The first kappa shape index (κ1) is 27.1. The molecule has 1 saturated heterocycles. The number of ether oxygens (including phenoxy) is 1.